The first kappa shape index (κ1) is 66.8. The van der Waals surface area contributed by atoms with Crippen molar-refractivity contribution in [2.24, 2.45) is 0 Å². The fourth-order valence-electron chi connectivity index (χ4n) is 8.48. The third-order valence-electron chi connectivity index (χ3n) is 12.9. The van der Waals surface area contributed by atoms with Gasteiger partial charge >= 0.3 is 11.9 Å². The minimum absolute atomic E-state index is 0.0715. The van der Waals surface area contributed by atoms with Crippen molar-refractivity contribution in [1.82, 2.24) is 0 Å². The Morgan fingerprint density at radius 1 is 0.329 bits per heavy atom. The van der Waals surface area contributed by atoms with E-state index in [2.05, 4.69) is 111 Å². The largest absolute Gasteiger partial charge is 0.462 e. The number of hydrogen-bond donors (Lipinski definition) is 1. The normalized spacial score (nSPS) is 12.9. The number of aliphatic hydroxyl groups excluding tert-OH is 1. The highest BCUT2D eigenvalue weighted by Gasteiger charge is 2.16. The quantitative estimate of drug-likeness (QED) is 0.0373. The van der Waals surface area contributed by atoms with Gasteiger partial charge in [-0.05, 0) is 89.9 Å². The molecule has 0 rings (SSSR count). The highest BCUT2D eigenvalue weighted by Crippen LogP contribution is 2.17. The van der Waals surface area contributed by atoms with Gasteiger partial charge in [-0.1, -0.05) is 278 Å². The first-order valence-corrected chi connectivity index (χ1v) is 29.8. The van der Waals surface area contributed by atoms with Crippen molar-refractivity contribution in [1.29, 1.82) is 0 Å². The average molecular weight is 974 g/mol. The maximum absolute atomic E-state index is 12.3. The summed E-state index contributed by atoms with van der Waals surface area (Å²) in [5.41, 5.74) is 0. The summed E-state index contributed by atoms with van der Waals surface area (Å²) in [5.74, 6) is -0.595. The molecule has 1 unspecified atom stereocenters. The Balaban J connectivity index is 3.43. The minimum atomic E-state index is -0.779. The van der Waals surface area contributed by atoms with Crippen molar-refractivity contribution in [3.63, 3.8) is 0 Å². The van der Waals surface area contributed by atoms with Crippen molar-refractivity contribution in [3.05, 3.63) is 97.2 Å². The van der Waals surface area contributed by atoms with Gasteiger partial charge in [0.2, 0.25) is 0 Å². The lowest BCUT2D eigenvalue weighted by Crippen LogP contribution is -2.28. The summed E-state index contributed by atoms with van der Waals surface area (Å²) in [5, 5.41) is 9.65. The monoisotopic (exact) mass is 973 g/mol. The van der Waals surface area contributed by atoms with Crippen molar-refractivity contribution in [2.45, 2.75) is 290 Å². The first-order valence-electron chi connectivity index (χ1n) is 29.8. The van der Waals surface area contributed by atoms with Crippen molar-refractivity contribution < 1.29 is 24.2 Å². The van der Waals surface area contributed by atoms with E-state index in [1.165, 1.54) is 161 Å². The van der Waals surface area contributed by atoms with Gasteiger partial charge in [-0.15, -0.1) is 0 Å². The van der Waals surface area contributed by atoms with Crippen LogP contribution in [0.2, 0.25) is 0 Å². The summed E-state index contributed by atoms with van der Waals surface area (Å²) < 4.78 is 10.7. The number of allylic oxidation sites excluding steroid dienone is 16. The fraction of sp³-hybridized carbons (Fsp3) is 0.723. The first-order chi connectivity index (χ1) is 34.6. The predicted molar refractivity (Wildman–Crippen MR) is 306 cm³/mol. The van der Waals surface area contributed by atoms with E-state index in [9.17, 15) is 14.7 Å². The standard InChI is InChI=1S/C65H112O5/c1-3-5-7-9-11-13-15-17-19-21-22-23-24-25-26-27-28-29-30-31-32-33-34-35-36-37-38-39-40-41-42-44-46-48-50-52-54-56-58-60-65(68)70-63(61-66)62-69-64(67)59-57-55-53-51-49-47-45-43-20-18-16-14-12-10-8-6-4-2/h5-8,11-14,17-20,22-23,25-26,63,66H,3-4,9-10,15-16,21,24,27-62H2,1-2H3/b7-5-,8-6-,13-11-,14-12-,19-17-,20-18-,23-22-,26-25-. The third-order valence-corrected chi connectivity index (χ3v) is 12.9. The molecule has 0 spiro atoms. The molecule has 0 fully saturated rings. The third kappa shape index (κ3) is 57.4. The topological polar surface area (TPSA) is 72.8 Å². The summed E-state index contributed by atoms with van der Waals surface area (Å²) in [4.78, 5) is 24.5. The van der Waals surface area contributed by atoms with E-state index in [1.54, 1.807) is 0 Å². The molecule has 0 aromatic heterocycles. The molecule has 0 aromatic rings. The molecule has 0 aliphatic heterocycles. The van der Waals surface area contributed by atoms with Gasteiger partial charge in [0, 0.05) is 12.8 Å². The molecule has 0 aliphatic carbocycles. The van der Waals surface area contributed by atoms with E-state index in [1.807, 2.05) is 0 Å². The fourth-order valence-corrected chi connectivity index (χ4v) is 8.48. The lowest BCUT2D eigenvalue weighted by Gasteiger charge is -2.15. The van der Waals surface area contributed by atoms with Crippen LogP contribution in [0.3, 0.4) is 0 Å². The second kappa shape index (κ2) is 60.1. The maximum atomic E-state index is 12.3. The number of unbranched alkanes of at least 4 members (excludes halogenated alkanes) is 30. The molecule has 0 aromatic carbocycles. The smallest absolute Gasteiger partial charge is 0.306 e. The second-order valence-electron chi connectivity index (χ2n) is 19.7. The van der Waals surface area contributed by atoms with E-state index in [-0.39, 0.29) is 25.2 Å². The Bertz CT molecular complexity index is 1330. The lowest BCUT2D eigenvalue weighted by atomic mass is 10.0. The van der Waals surface area contributed by atoms with Gasteiger partial charge in [0.25, 0.3) is 0 Å². The van der Waals surface area contributed by atoms with E-state index in [4.69, 9.17) is 9.47 Å². The number of esters is 2. The van der Waals surface area contributed by atoms with Gasteiger partial charge < -0.3 is 14.6 Å². The Hall–Kier alpha value is -3.18. The number of carbonyl (C=O) groups is 2. The maximum Gasteiger partial charge on any atom is 0.306 e. The molecule has 0 aliphatic rings. The molecular weight excluding hydrogens is 861 g/mol. The molecule has 0 amide bonds. The predicted octanol–water partition coefficient (Wildman–Crippen LogP) is 20.3. The summed E-state index contributed by atoms with van der Waals surface area (Å²) in [6.45, 7) is 3.93. The van der Waals surface area contributed by atoms with Crippen LogP contribution >= 0.6 is 0 Å². The molecule has 5 nitrogen and oxygen atoms in total. The van der Waals surface area contributed by atoms with Crippen LogP contribution in [0.5, 0.6) is 0 Å². The van der Waals surface area contributed by atoms with Crippen LogP contribution in [0.1, 0.15) is 284 Å². The SMILES string of the molecule is CC/C=C\C/C=C\C/C=C\C/C=C\C/C=C\CCCCCCCCCCCCCCCCCCCCCCCCCC(=O)OC(CO)COC(=O)CCCCCCCCC/C=C\C/C=C\C/C=C\CC. The average Bonchev–Trinajstić information content (AvgIpc) is 3.36. The lowest BCUT2D eigenvalue weighted by molar-refractivity contribution is -0.161. The highest BCUT2D eigenvalue weighted by atomic mass is 16.6. The number of rotatable bonds is 54. The van der Waals surface area contributed by atoms with E-state index < -0.39 is 6.10 Å². The van der Waals surface area contributed by atoms with Crippen LogP contribution in [0, 0.1) is 0 Å². The molecule has 0 saturated carbocycles. The van der Waals surface area contributed by atoms with Gasteiger partial charge in [-0.25, -0.2) is 0 Å². The number of ether oxygens (including phenoxy) is 2. The molecule has 0 saturated heterocycles. The molecule has 402 valence electrons. The van der Waals surface area contributed by atoms with Crippen LogP contribution in [0.15, 0.2) is 97.2 Å². The van der Waals surface area contributed by atoms with Crippen molar-refractivity contribution in [2.75, 3.05) is 13.2 Å². The van der Waals surface area contributed by atoms with Crippen LogP contribution in [-0.2, 0) is 19.1 Å². The summed E-state index contributed by atoms with van der Waals surface area (Å²) in [7, 11) is 0. The zero-order valence-electron chi connectivity index (χ0n) is 46.0. The van der Waals surface area contributed by atoms with Gasteiger partial charge in [0.15, 0.2) is 6.10 Å². The zero-order chi connectivity index (χ0) is 50.6. The van der Waals surface area contributed by atoms with Crippen LogP contribution in [-0.4, -0.2) is 36.4 Å². The molecule has 0 heterocycles. The van der Waals surface area contributed by atoms with Crippen LogP contribution in [0.25, 0.3) is 0 Å². The van der Waals surface area contributed by atoms with Gasteiger partial charge in [0.05, 0.1) is 6.61 Å². The Labute approximate surface area is 434 Å². The van der Waals surface area contributed by atoms with Gasteiger partial charge in [0.1, 0.15) is 6.61 Å². The second-order valence-corrected chi connectivity index (χ2v) is 19.7. The van der Waals surface area contributed by atoms with E-state index in [0.29, 0.717) is 12.8 Å². The molecule has 70 heavy (non-hydrogen) atoms. The summed E-state index contributed by atoms with van der Waals surface area (Å²) in [6.07, 6.45) is 85.5. The summed E-state index contributed by atoms with van der Waals surface area (Å²) in [6, 6.07) is 0. The molecule has 1 atom stereocenters. The van der Waals surface area contributed by atoms with Crippen molar-refractivity contribution >= 4 is 11.9 Å². The molecule has 5 heteroatoms. The molecule has 0 bridgehead atoms. The van der Waals surface area contributed by atoms with Gasteiger partial charge in [-0.2, -0.15) is 0 Å². The number of hydrogen-bond acceptors (Lipinski definition) is 5. The Morgan fingerprint density at radius 2 is 0.571 bits per heavy atom. The van der Waals surface area contributed by atoms with E-state index >= 15 is 0 Å². The minimum Gasteiger partial charge on any atom is -0.462 e. The Kier molecular flexibility index (Phi) is 57.4. The molecular formula is C65H112O5. The number of carbonyl (C=O) groups excluding carboxylic acids is 2. The van der Waals surface area contributed by atoms with Crippen LogP contribution in [0.4, 0.5) is 0 Å². The zero-order valence-corrected chi connectivity index (χ0v) is 46.0. The van der Waals surface area contributed by atoms with E-state index in [0.717, 1.165) is 96.3 Å². The highest BCUT2D eigenvalue weighted by molar-refractivity contribution is 5.70. The number of aliphatic hydroxyl groups is 1. The van der Waals surface area contributed by atoms with Crippen LogP contribution < -0.4 is 0 Å². The summed E-state index contributed by atoms with van der Waals surface area (Å²) >= 11 is 0. The van der Waals surface area contributed by atoms with Gasteiger partial charge in [-0.3, -0.25) is 9.59 Å². The Morgan fingerprint density at radius 3 is 0.857 bits per heavy atom. The molecule has 1 N–H and O–H groups in total. The van der Waals surface area contributed by atoms with Crippen molar-refractivity contribution in [3.8, 4) is 0 Å². The molecule has 0 radical (unpaired) electrons.